The van der Waals surface area contributed by atoms with Gasteiger partial charge in [0.05, 0.1) is 24.9 Å². The van der Waals surface area contributed by atoms with Crippen LogP contribution in [0.3, 0.4) is 0 Å². The van der Waals surface area contributed by atoms with Gasteiger partial charge in [0, 0.05) is 11.5 Å². The topological polar surface area (TPSA) is 62.2 Å². The molecule has 22 heavy (non-hydrogen) atoms. The molecule has 6 heteroatoms. The summed E-state index contributed by atoms with van der Waals surface area (Å²) in [6.45, 7) is 5.31. The predicted octanol–water partition coefficient (Wildman–Crippen LogP) is 1.39. The second kappa shape index (κ2) is 5.25. The van der Waals surface area contributed by atoms with Crippen LogP contribution < -0.4 is 0 Å². The quantitative estimate of drug-likeness (QED) is 0.883. The smallest absolute Gasteiger partial charge is 0.128 e. The number of aliphatic hydroxyl groups is 2. The molecule has 0 radical (unpaired) electrons. The number of rotatable bonds is 3. The largest absolute Gasteiger partial charge is 0.388 e. The Hall–Kier alpha value is -1.05. The summed E-state index contributed by atoms with van der Waals surface area (Å²) in [5.74, 6) is -0.650. The lowest BCUT2D eigenvalue weighted by Gasteiger charge is -2.38. The number of hydrogen-bond donors (Lipinski definition) is 2. The van der Waals surface area contributed by atoms with E-state index in [1.165, 1.54) is 11.1 Å². The SMILES string of the molecule is CC(O)N1OC[C@@H]2[C@@H](C(C)(C)O)OC[C@@]21c1ccccc1F. The van der Waals surface area contributed by atoms with Crippen molar-refractivity contribution in [2.24, 2.45) is 5.92 Å². The molecule has 1 aromatic carbocycles. The Labute approximate surface area is 129 Å². The molecule has 2 fully saturated rings. The van der Waals surface area contributed by atoms with Gasteiger partial charge < -0.3 is 14.9 Å². The zero-order valence-corrected chi connectivity index (χ0v) is 13.0. The number of halogens is 1. The molecule has 1 aromatic rings. The van der Waals surface area contributed by atoms with Crippen molar-refractivity contribution in [3.05, 3.63) is 35.6 Å². The molecular formula is C16H22FNO4. The first-order valence-electron chi connectivity index (χ1n) is 7.48. The van der Waals surface area contributed by atoms with Gasteiger partial charge in [0.25, 0.3) is 0 Å². The Balaban J connectivity index is 2.12. The van der Waals surface area contributed by atoms with E-state index in [1.807, 2.05) is 0 Å². The minimum absolute atomic E-state index is 0.151. The van der Waals surface area contributed by atoms with Crippen molar-refractivity contribution in [3.63, 3.8) is 0 Å². The Kier molecular flexibility index (Phi) is 3.78. The molecule has 0 aliphatic carbocycles. The molecule has 0 saturated carbocycles. The monoisotopic (exact) mass is 311 g/mol. The second-order valence-corrected chi connectivity index (χ2v) is 6.65. The minimum Gasteiger partial charge on any atom is -0.388 e. The zero-order valence-electron chi connectivity index (χ0n) is 13.0. The lowest BCUT2D eigenvalue weighted by Crippen LogP contribution is -2.51. The number of benzene rings is 1. The van der Waals surface area contributed by atoms with Gasteiger partial charge in [0.2, 0.25) is 0 Å². The Morgan fingerprint density at radius 1 is 1.41 bits per heavy atom. The van der Waals surface area contributed by atoms with Crippen molar-refractivity contribution in [1.29, 1.82) is 0 Å². The first-order valence-corrected chi connectivity index (χ1v) is 7.48. The van der Waals surface area contributed by atoms with Crippen molar-refractivity contribution in [3.8, 4) is 0 Å². The highest BCUT2D eigenvalue weighted by atomic mass is 19.1. The lowest BCUT2D eigenvalue weighted by atomic mass is 9.75. The van der Waals surface area contributed by atoms with Gasteiger partial charge in [-0.15, -0.1) is 5.06 Å². The molecule has 0 bridgehead atoms. The highest BCUT2D eigenvalue weighted by Gasteiger charge is 2.63. The molecule has 2 saturated heterocycles. The molecular weight excluding hydrogens is 289 g/mol. The van der Waals surface area contributed by atoms with Crippen LogP contribution in [0, 0.1) is 11.7 Å². The summed E-state index contributed by atoms with van der Waals surface area (Å²) in [6.07, 6.45) is -1.43. The van der Waals surface area contributed by atoms with E-state index in [4.69, 9.17) is 9.57 Å². The molecule has 3 rings (SSSR count). The molecule has 2 aliphatic heterocycles. The van der Waals surface area contributed by atoms with Crippen LogP contribution in [-0.2, 0) is 15.1 Å². The summed E-state index contributed by atoms with van der Waals surface area (Å²) in [5.41, 5.74) is -1.61. The maximum Gasteiger partial charge on any atom is 0.128 e. The normalized spacial score (nSPS) is 33.9. The molecule has 2 heterocycles. The Morgan fingerprint density at radius 3 is 2.68 bits per heavy atom. The van der Waals surface area contributed by atoms with E-state index in [-0.39, 0.29) is 24.9 Å². The van der Waals surface area contributed by atoms with Gasteiger partial charge in [0.1, 0.15) is 17.6 Å². The summed E-state index contributed by atoms with van der Waals surface area (Å²) < 4.78 is 20.3. The number of aliphatic hydroxyl groups excluding tert-OH is 1. The van der Waals surface area contributed by atoms with E-state index in [9.17, 15) is 14.6 Å². The van der Waals surface area contributed by atoms with Crippen LogP contribution >= 0.6 is 0 Å². The molecule has 2 N–H and O–H groups in total. The first-order chi connectivity index (χ1) is 10.3. The van der Waals surface area contributed by atoms with Crippen LogP contribution in [0.2, 0.25) is 0 Å². The number of hydrogen-bond acceptors (Lipinski definition) is 5. The third-order valence-corrected chi connectivity index (χ3v) is 4.62. The summed E-state index contributed by atoms with van der Waals surface area (Å²) in [7, 11) is 0. The van der Waals surface area contributed by atoms with Crippen LogP contribution in [0.25, 0.3) is 0 Å². The van der Waals surface area contributed by atoms with Gasteiger partial charge in [-0.05, 0) is 26.8 Å². The number of hydroxylamine groups is 2. The van der Waals surface area contributed by atoms with Gasteiger partial charge >= 0.3 is 0 Å². The summed E-state index contributed by atoms with van der Waals surface area (Å²) in [6, 6.07) is 6.44. The number of fused-ring (bicyclic) bond motifs is 1. The maximum atomic E-state index is 14.5. The van der Waals surface area contributed by atoms with Gasteiger partial charge in [-0.2, -0.15) is 0 Å². The van der Waals surface area contributed by atoms with Crippen LogP contribution in [0.4, 0.5) is 4.39 Å². The minimum atomic E-state index is -1.09. The van der Waals surface area contributed by atoms with Crippen LogP contribution in [0.15, 0.2) is 24.3 Å². The maximum absolute atomic E-state index is 14.5. The summed E-state index contributed by atoms with van der Waals surface area (Å²) in [5, 5.41) is 21.8. The number of ether oxygens (including phenoxy) is 1. The van der Waals surface area contributed by atoms with Crippen molar-refractivity contribution < 1.29 is 24.2 Å². The van der Waals surface area contributed by atoms with E-state index in [0.29, 0.717) is 5.56 Å². The van der Waals surface area contributed by atoms with Gasteiger partial charge in [-0.25, -0.2) is 4.39 Å². The lowest BCUT2D eigenvalue weighted by molar-refractivity contribution is -0.251. The summed E-state index contributed by atoms with van der Waals surface area (Å²) in [4.78, 5) is 5.65. The summed E-state index contributed by atoms with van der Waals surface area (Å²) >= 11 is 0. The van der Waals surface area contributed by atoms with Crippen molar-refractivity contribution in [2.45, 2.75) is 44.2 Å². The molecule has 122 valence electrons. The zero-order chi connectivity index (χ0) is 16.1. The second-order valence-electron chi connectivity index (χ2n) is 6.65. The first kappa shape index (κ1) is 15.8. The van der Waals surface area contributed by atoms with E-state index >= 15 is 0 Å². The standard InChI is InChI=1S/C16H22FNO4/c1-10(19)18-16(11-6-4-5-7-13(11)17)9-21-14(15(2,3)20)12(16)8-22-18/h4-7,10,12,14,19-20H,8-9H2,1-3H3/t10?,12-,14+,16-/m1/s1. The molecule has 4 atom stereocenters. The molecule has 0 amide bonds. The van der Waals surface area contributed by atoms with Gasteiger partial charge in [0.15, 0.2) is 0 Å². The van der Waals surface area contributed by atoms with Gasteiger partial charge in [-0.1, -0.05) is 18.2 Å². The predicted molar refractivity (Wildman–Crippen MR) is 77.1 cm³/mol. The van der Waals surface area contributed by atoms with Crippen LogP contribution in [0.5, 0.6) is 0 Å². The van der Waals surface area contributed by atoms with E-state index in [2.05, 4.69) is 0 Å². The number of nitrogens with zero attached hydrogens (tertiary/aromatic N) is 1. The van der Waals surface area contributed by atoms with Gasteiger partial charge in [-0.3, -0.25) is 4.84 Å². The third kappa shape index (κ3) is 2.18. The van der Waals surface area contributed by atoms with E-state index in [1.54, 1.807) is 39.0 Å². The van der Waals surface area contributed by atoms with E-state index in [0.717, 1.165) is 0 Å². The Morgan fingerprint density at radius 2 is 2.09 bits per heavy atom. The third-order valence-electron chi connectivity index (χ3n) is 4.62. The van der Waals surface area contributed by atoms with Crippen LogP contribution in [-0.4, -0.2) is 46.4 Å². The highest BCUT2D eigenvalue weighted by Crippen LogP contribution is 2.52. The highest BCUT2D eigenvalue weighted by molar-refractivity contribution is 5.31. The fraction of sp³-hybridized carbons (Fsp3) is 0.625. The molecule has 2 aliphatic rings. The van der Waals surface area contributed by atoms with Crippen molar-refractivity contribution >= 4 is 0 Å². The average Bonchev–Trinajstić information content (AvgIpc) is 2.94. The molecule has 0 spiro atoms. The molecule has 5 nitrogen and oxygen atoms in total. The molecule has 1 unspecified atom stereocenters. The van der Waals surface area contributed by atoms with Crippen molar-refractivity contribution in [2.75, 3.05) is 13.2 Å². The fourth-order valence-corrected chi connectivity index (χ4v) is 3.76. The fourth-order valence-electron chi connectivity index (χ4n) is 3.76. The van der Waals surface area contributed by atoms with Crippen LogP contribution in [0.1, 0.15) is 26.3 Å². The van der Waals surface area contributed by atoms with E-state index < -0.39 is 23.5 Å². The Bertz CT molecular complexity index is 559. The van der Waals surface area contributed by atoms with Crippen molar-refractivity contribution in [1.82, 2.24) is 5.06 Å². The molecule has 0 aromatic heterocycles. The average molecular weight is 311 g/mol.